The normalized spacial score (nSPS) is 23.1. The molecule has 1 aliphatic heterocycles. The zero-order chi connectivity index (χ0) is 15.4. The third-order valence-electron chi connectivity index (χ3n) is 4.84. The molecule has 1 saturated carbocycles. The van der Waals surface area contributed by atoms with Crippen molar-refractivity contribution < 1.29 is 14.6 Å². The molecular formula is C18H25NO3. The first-order valence-corrected chi connectivity index (χ1v) is 8.35. The molecule has 3 rings (SSSR count). The predicted molar refractivity (Wildman–Crippen MR) is 84.7 cm³/mol. The number of benzene rings is 1. The lowest BCUT2D eigenvalue weighted by Crippen LogP contribution is -2.44. The van der Waals surface area contributed by atoms with Gasteiger partial charge in [0.2, 0.25) is 5.91 Å². The van der Waals surface area contributed by atoms with Crippen LogP contribution in [-0.2, 0) is 4.79 Å². The lowest BCUT2D eigenvalue weighted by Gasteiger charge is -2.35. The first kappa shape index (κ1) is 15.3. The summed E-state index contributed by atoms with van der Waals surface area (Å²) in [5.41, 5.74) is -0.463. The largest absolute Gasteiger partial charge is 0.494 e. The fourth-order valence-corrected chi connectivity index (χ4v) is 3.27. The molecule has 1 N–H and O–H groups in total. The van der Waals surface area contributed by atoms with Gasteiger partial charge in [-0.2, -0.15) is 0 Å². The highest BCUT2D eigenvalue weighted by atomic mass is 16.5. The van der Waals surface area contributed by atoms with Crippen molar-refractivity contribution in [2.75, 3.05) is 19.7 Å². The summed E-state index contributed by atoms with van der Waals surface area (Å²) in [6, 6.07) is 9.69. The monoisotopic (exact) mass is 303 g/mol. The van der Waals surface area contributed by atoms with Crippen LogP contribution in [0.1, 0.15) is 38.5 Å². The number of aliphatic hydroxyl groups is 1. The van der Waals surface area contributed by atoms with Gasteiger partial charge in [-0.05, 0) is 44.2 Å². The van der Waals surface area contributed by atoms with Crippen molar-refractivity contribution in [3.05, 3.63) is 30.3 Å². The van der Waals surface area contributed by atoms with Gasteiger partial charge in [-0.1, -0.05) is 18.2 Å². The predicted octanol–water partition coefficient (Wildman–Crippen LogP) is 2.61. The van der Waals surface area contributed by atoms with Crippen LogP contribution in [0, 0.1) is 5.92 Å². The lowest BCUT2D eigenvalue weighted by atomic mass is 9.90. The summed E-state index contributed by atoms with van der Waals surface area (Å²) in [4.78, 5) is 14.2. The average molecular weight is 303 g/mol. The van der Waals surface area contributed by atoms with Crippen molar-refractivity contribution in [1.82, 2.24) is 4.90 Å². The molecule has 1 atom stereocenters. The maximum Gasteiger partial charge on any atom is 0.222 e. The van der Waals surface area contributed by atoms with Crippen molar-refractivity contribution in [2.24, 2.45) is 5.92 Å². The summed E-state index contributed by atoms with van der Waals surface area (Å²) in [6.07, 6.45) is 5.14. The average Bonchev–Trinajstić information content (AvgIpc) is 3.31. The number of ether oxygens (including phenoxy) is 1. The van der Waals surface area contributed by atoms with Crippen molar-refractivity contribution >= 4 is 5.91 Å². The van der Waals surface area contributed by atoms with Gasteiger partial charge in [0.25, 0.3) is 0 Å². The summed E-state index contributed by atoms with van der Waals surface area (Å²) >= 11 is 0. The first-order chi connectivity index (χ1) is 10.7. The molecule has 2 fully saturated rings. The van der Waals surface area contributed by atoms with Gasteiger partial charge in [-0.15, -0.1) is 0 Å². The van der Waals surface area contributed by atoms with E-state index in [9.17, 15) is 9.90 Å². The van der Waals surface area contributed by atoms with Gasteiger partial charge in [0, 0.05) is 25.4 Å². The fraction of sp³-hybridized carbons (Fsp3) is 0.611. The molecule has 1 aromatic rings. The molecule has 0 radical (unpaired) electrons. The summed E-state index contributed by atoms with van der Waals surface area (Å²) < 4.78 is 5.62. The van der Waals surface area contributed by atoms with Crippen molar-refractivity contribution in [2.45, 2.75) is 44.1 Å². The van der Waals surface area contributed by atoms with E-state index in [0.717, 1.165) is 50.9 Å². The van der Waals surface area contributed by atoms with E-state index in [1.807, 2.05) is 35.2 Å². The van der Waals surface area contributed by atoms with Gasteiger partial charge in [0.15, 0.2) is 0 Å². The second-order valence-electron chi connectivity index (χ2n) is 6.55. The molecule has 0 spiro atoms. The van der Waals surface area contributed by atoms with E-state index < -0.39 is 5.60 Å². The molecule has 4 heteroatoms. The number of rotatable bonds is 6. The quantitative estimate of drug-likeness (QED) is 0.822. The summed E-state index contributed by atoms with van der Waals surface area (Å²) in [5, 5.41) is 10.2. The zero-order valence-corrected chi connectivity index (χ0v) is 13.0. The summed E-state index contributed by atoms with van der Waals surface area (Å²) in [6.45, 7) is 2.14. The highest BCUT2D eigenvalue weighted by Crippen LogP contribution is 2.45. The van der Waals surface area contributed by atoms with Crippen LogP contribution < -0.4 is 4.74 Å². The minimum Gasteiger partial charge on any atom is -0.494 e. The highest BCUT2D eigenvalue weighted by Gasteiger charge is 2.48. The Labute approximate surface area is 132 Å². The molecule has 2 aliphatic rings. The molecule has 1 amide bonds. The van der Waals surface area contributed by atoms with Crippen LogP contribution in [0.25, 0.3) is 0 Å². The number of piperidine rings is 1. The molecule has 1 aromatic carbocycles. The molecule has 0 bridgehead atoms. The van der Waals surface area contributed by atoms with Crippen molar-refractivity contribution in [3.8, 4) is 5.75 Å². The smallest absolute Gasteiger partial charge is 0.222 e. The van der Waals surface area contributed by atoms with E-state index in [1.54, 1.807) is 0 Å². The molecule has 1 heterocycles. The third-order valence-corrected chi connectivity index (χ3v) is 4.84. The Morgan fingerprint density at radius 2 is 2.09 bits per heavy atom. The van der Waals surface area contributed by atoms with Crippen LogP contribution in [-0.4, -0.2) is 41.2 Å². The number of para-hydroxylation sites is 1. The fourth-order valence-electron chi connectivity index (χ4n) is 3.27. The molecule has 1 aliphatic carbocycles. The van der Waals surface area contributed by atoms with Crippen LogP contribution in [0.5, 0.6) is 5.75 Å². The van der Waals surface area contributed by atoms with E-state index in [-0.39, 0.29) is 11.8 Å². The SMILES string of the molecule is O=C(CCCOc1ccccc1)N1CCCC(C2(O)CC2)C1. The Morgan fingerprint density at radius 3 is 2.82 bits per heavy atom. The maximum absolute atomic E-state index is 12.3. The van der Waals surface area contributed by atoms with E-state index >= 15 is 0 Å². The van der Waals surface area contributed by atoms with E-state index in [2.05, 4.69) is 0 Å². The molecule has 1 saturated heterocycles. The molecular weight excluding hydrogens is 278 g/mol. The van der Waals surface area contributed by atoms with Gasteiger partial charge in [0.1, 0.15) is 5.75 Å². The maximum atomic E-state index is 12.3. The van der Waals surface area contributed by atoms with Crippen LogP contribution >= 0.6 is 0 Å². The van der Waals surface area contributed by atoms with Crippen LogP contribution in [0.4, 0.5) is 0 Å². The standard InChI is InChI=1S/C18H25NO3/c20-17(9-5-13-22-16-7-2-1-3-8-16)19-12-4-6-15(14-19)18(21)10-11-18/h1-3,7-8,15,21H,4-6,9-14H2. The number of carbonyl (C=O) groups is 1. The van der Waals surface area contributed by atoms with Crippen molar-refractivity contribution in [1.29, 1.82) is 0 Å². The van der Waals surface area contributed by atoms with Crippen LogP contribution in [0.15, 0.2) is 30.3 Å². The second-order valence-corrected chi connectivity index (χ2v) is 6.55. The highest BCUT2D eigenvalue weighted by molar-refractivity contribution is 5.76. The molecule has 1 unspecified atom stereocenters. The Balaban J connectivity index is 1.38. The van der Waals surface area contributed by atoms with Gasteiger partial charge in [-0.3, -0.25) is 4.79 Å². The van der Waals surface area contributed by atoms with Gasteiger partial charge in [0.05, 0.1) is 12.2 Å². The van der Waals surface area contributed by atoms with Gasteiger partial charge < -0.3 is 14.7 Å². The van der Waals surface area contributed by atoms with Gasteiger partial charge >= 0.3 is 0 Å². The zero-order valence-electron chi connectivity index (χ0n) is 13.0. The number of likely N-dealkylation sites (tertiary alicyclic amines) is 1. The second kappa shape index (κ2) is 6.69. The lowest BCUT2D eigenvalue weighted by molar-refractivity contribution is -0.134. The third kappa shape index (κ3) is 3.80. The van der Waals surface area contributed by atoms with Crippen molar-refractivity contribution in [3.63, 3.8) is 0 Å². The summed E-state index contributed by atoms with van der Waals surface area (Å²) in [7, 11) is 0. The minimum absolute atomic E-state index is 0.200. The van der Waals surface area contributed by atoms with Crippen LogP contribution in [0.2, 0.25) is 0 Å². The summed E-state index contributed by atoms with van der Waals surface area (Å²) in [5.74, 6) is 1.33. The molecule has 4 nitrogen and oxygen atoms in total. The number of carbonyl (C=O) groups excluding carboxylic acids is 1. The number of hydrogen-bond acceptors (Lipinski definition) is 3. The topological polar surface area (TPSA) is 49.8 Å². The first-order valence-electron chi connectivity index (χ1n) is 8.35. The van der Waals surface area contributed by atoms with E-state index in [1.165, 1.54) is 0 Å². The number of nitrogens with zero attached hydrogens (tertiary/aromatic N) is 1. The molecule has 0 aromatic heterocycles. The Morgan fingerprint density at radius 1 is 1.32 bits per heavy atom. The Bertz CT molecular complexity index is 498. The number of amides is 1. The van der Waals surface area contributed by atoms with E-state index in [4.69, 9.17) is 4.74 Å². The minimum atomic E-state index is -0.463. The molecule has 22 heavy (non-hydrogen) atoms. The van der Waals surface area contributed by atoms with Gasteiger partial charge in [-0.25, -0.2) is 0 Å². The Hall–Kier alpha value is -1.55. The Kier molecular flexibility index (Phi) is 4.67. The molecule has 120 valence electrons. The number of hydrogen-bond donors (Lipinski definition) is 1. The van der Waals surface area contributed by atoms with E-state index in [0.29, 0.717) is 13.0 Å². The van der Waals surface area contributed by atoms with Crippen LogP contribution in [0.3, 0.4) is 0 Å².